The third-order valence-electron chi connectivity index (χ3n) is 3.46. The lowest BCUT2D eigenvalue weighted by atomic mass is 10.0. The van der Waals surface area contributed by atoms with Crippen molar-refractivity contribution < 1.29 is 14.2 Å². The smallest absolute Gasteiger partial charge is 0.165 e. The Balaban J connectivity index is 2.57. The monoisotopic (exact) mass is 268 g/mol. The van der Waals surface area contributed by atoms with Crippen LogP contribution in [0.3, 0.4) is 0 Å². The molecule has 0 aliphatic carbocycles. The minimum Gasteiger partial charge on any atom is -0.490 e. The number of hydrogen-bond donors (Lipinski definition) is 1. The summed E-state index contributed by atoms with van der Waals surface area (Å²) in [5, 5.41) is 9.38. The van der Waals surface area contributed by atoms with Crippen LogP contribution in [0.5, 0.6) is 5.75 Å². The molecule has 19 heavy (non-hydrogen) atoms. The van der Waals surface area contributed by atoms with Crippen LogP contribution in [0.25, 0.3) is 0 Å². The maximum Gasteiger partial charge on any atom is 0.165 e. The largest absolute Gasteiger partial charge is 0.490 e. The molecule has 0 aromatic heterocycles. The highest BCUT2D eigenvalue weighted by Gasteiger charge is 2.11. The quantitative estimate of drug-likeness (QED) is 0.753. The highest BCUT2D eigenvalue weighted by atomic mass is 19.1. The van der Waals surface area contributed by atoms with Crippen molar-refractivity contribution >= 4 is 0 Å². The molecule has 1 aromatic carbocycles. The molecule has 0 amide bonds. The molecule has 2 atom stereocenters. The summed E-state index contributed by atoms with van der Waals surface area (Å²) in [7, 11) is 0. The van der Waals surface area contributed by atoms with E-state index in [1.165, 1.54) is 18.9 Å². The van der Waals surface area contributed by atoms with Crippen molar-refractivity contribution in [3.63, 3.8) is 0 Å². The number of aliphatic hydroxyl groups is 1. The fourth-order valence-electron chi connectivity index (χ4n) is 2.00. The van der Waals surface area contributed by atoms with Gasteiger partial charge in [-0.1, -0.05) is 39.2 Å². The number of unbranched alkanes of at least 4 members (excludes halogenated alkanes) is 1. The topological polar surface area (TPSA) is 29.5 Å². The number of aliphatic hydroxyl groups excluding tert-OH is 1. The summed E-state index contributed by atoms with van der Waals surface area (Å²) in [5.41, 5.74) is 0.572. The predicted molar refractivity (Wildman–Crippen MR) is 75.8 cm³/mol. The molecule has 0 spiro atoms. The van der Waals surface area contributed by atoms with Crippen LogP contribution in [0.2, 0.25) is 0 Å². The van der Waals surface area contributed by atoms with E-state index in [0.29, 0.717) is 18.1 Å². The molecule has 1 rings (SSSR count). The first-order valence-electron chi connectivity index (χ1n) is 7.18. The molecule has 0 aliphatic heterocycles. The fourth-order valence-corrected chi connectivity index (χ4v) is 2.00. The van der Waals surface area contributed by atoms with Crippen LogP contribution in [0.1, 0.15) is 58.1 Å². The van der Waals surface area contributed by atoms with Crippen LogP contribution in [0.15, 0.2) is 18.2 Å². The molecule has 108 valence electrons. The van der Waals surface area contributed by atoms with Gasteiger partial charge in [-0.05, 0) is 37.0 Å². The lowest BCUT2D eigenvalue weighted by Gasteiger charge is -2.16. The Labute approximate surface area is 115 Å². The van der Waals surface area contributed by atoms with E-state index in [4.69, 9.17) is 4.74 Å². The Kier molecular flexibility index (Phi) is 6.85. The van der Waals surface area contributed by atoms with Crippen molar-refractivity contribution in [2.24, 2.45) is 5.92 Å². The molecule has 0 saturated carbocycles. The Morgan fingerprint density at radius 2 is 2.05 bits per heavy atom. The number of hydrogen-bond acceptors (Lipinski definition) is 2. The molecule has 3 heteroatoms. The highest BCUT2D eigenvalue weighted by Crippen LogP contribution is 2.23. The molecule has 0 radical (unpaired) electrons. The van der Waals surface area contributed by atoms with Gasteiger partial charge in [0.15, 0.2) is 11.6 Å². The second-order valence-electron chi connectivity index (χ2n) is 5.09. The number of ether oxygens (including phenoxy) is 1. The zero-order valence-electron chi connectivity index (χ0n) is 12.2. The van der Waals surface area contributed by atoms with Crippen LogP contribution >= 0.6 is 0 Å². The standard InChI is InChI=1S/C16H25FO2/c1-4-6-7-13(5-2)11-19-16-9-8-14(12(3)18)10-15(16)17/h8-10,12-13,18H,4-7,11H2,1-3H3/t12-,13?/m0/s1. The van der Waals surface area contributed by atoms with Gasteiger partial charge < -0.3 is 9.84 Å². The molecule has 1 unspecified atom stereocenters. The SMILES string of the molecule is CCCCC(CC)COc1ccc([C@H](C)O)cc1F. The van der Waals surface area contributed by atoms with E-state index in [1.807, 2.05) is 0 Å². The second-order valence-corrected chi connectivity index (χ2v) is 5.09. The first-order chi connectivity index (χ1) is 9.08. The van der Waals surface area contributed by atoms with Gasteiger partial charge in [0, 0.05) is 0 Å². The Hall–Kier alpha value is -1.09. The lowest BCUT2D eigenvalue weighted by molar-refractivity contribution is 0.197. The average Bonchev–Trinajstić information content (AvgIpc) is 2.40. The van der Waals surface area contributed by atoms with E-state index >= 15 is 0 Å². The minimum atomic E-state index is -0.656. The van der Waals surface area contributed by atoms with E-state index in [1.54, 1.807) is 19.1 Å². The molecule has 0 saturated heterocycles. The van der Waals surface area contributed by atoms with Crippen molar-refractivity contribution in [1.82, 2.24) is 0 Å². The first kappa shape index (κ1) is 16.0. The fraction of sp³-hybridized carbons (Fsp3) is 0.625. The van der Waals surface area contributed by atoms with Crippen molar-refractivity contribution in [3.05, 3.63) is 29.6 Å². The van der Waals surface area contributed by atoms with Crippen molar-refractivity contribution in [2.75, 3.05) is 6.61 Å². The average molecular weight is 268 g/mol. The van der Waals surface area contributed by atoms with Gasteiger partial charge in [0.2, 0.25) is 0 Å². The van der Waals surface area contributed by atoms with Gasteiger partial charge in [-0.2, -0.15) is 0 Å². The third-order valence-corrected chi connectivity index (χ3v) is 3.46. The molecular weight excluding hydrogens is 243 g/mol. The maximum absolute atomic E-state index is 13.8. The Morgan fingerprint density at radius 3 is 2.58 bits per heavy atom. The van der Waals surface area contributed by atoms with E-state index in [9.17, 15) is 9.50 Å². The summed E-state index contributed by atoms with van der Waals surface area (Å²) in [6.45, 7) is 6.48. The number of rotatable bonds is 8. The van der Waals surface area contributed by atoms with E-state index < -0.39 is 11.9 Å². The first-order valence-corrected chi connectivity index (χ1v) is 7.18. The van der Waals surface area contributed by atoms with Crippen LogP contribution in [0, 0.1) is 11.7 Å². The van der Waals surface area contributed by atoms with Crippen LogP contribution < -0.4 is 4.74 Å². The van der Waals surface area contributed by atoms with E-state index in [-0.39, 0.29) is 5.75 Å². The van der Waals surface area contributed by atoms with Gasteiger partial charge in [-0.3, -0.25) is 0 Å². The van der Waals surface area contributed by atoms with E-state index in [2.05, 4.69) is 13.8 Å². The summed E-state index contributed by atoms with van der Waals surface area (Å²) < 4.78 is 19.3. The van der Waals surface area contributed by atoms with Crippen molar-refractivity contribution in [3.8, 4) is 5.75 Å². The maximum atomic E-state index is 13.8. The molecule has 1 aromatic rings. The molecule has 0 heterocycles. The summed E-state index contributed by atoms with van der Waals surface area (Å²) in [4.78, 5) is 0. The molecule has 2 nitrogen and oxygen atoms in total. The number of benzene rings is 1. The van der Waals surface area contributed by atoms with Gasteiger partial charge in [0.25, 0.3) is 0 Å². The molecule has 1 N–H and O–H groups in total. The summed E-state index contributed by atoms with van der Waals surface area (Å²) in [6.07, 6.45) is 3.88. The van der Waals surface area contributed by atoms with E-state index in [0.717, 1.165) is 12.8 Å². The number of halogens is 1. The zero-order valence-corrected chi connectivity index (χ0v) is 12.2. The zero-order chi connectivity index (χ0) is 14.3. The third kappa shape index (κ3) is 5.19. The summed E-state index contributed by atoms with van der Waals surface area (Å²) in [6, 6.07) is 4.65. The van der Waals surface area contributed by atoms with Gasteiger partial charge in [0.1, 0.15) is 0 Å². The van der Waals surface area contributed by atoms with Crippen molar-refractivity contribution in [1.29, 1.82) is 0 Å². The van der Waals surface area contributed by atoms with Crippen molar-refractivity contribution in [2.45, 2.75) is 52.6 Å². The molecular formula is C16H25FO2. The van der Waals surface area contributed by atoms with Crippen LogP contribution in [-0.4, -0.2) is 11.7 Å². The molecule has 0 fully saturated rings. The van der Waals surface area contributed by atoms with Gasteiger partial charge >= 0.3 is 0 Å². The molecule has 0 bridgehead atoms. The van der Waals surface area contributed by atoms with Gasteiger partial charge in [-0.15, -0.1) is 0 Å². The minimum absolute atomic E-state index is 0.277. The normalized spacial score (nSPS) is 14.2. The Morgan fingerprint density at radius 1 is 1.32 bits per heavy atom. The second kappa shape index (κ2) is 8.16. The summed E-state index contributed by atoms with van der Waals surface area (Å²) in [5.74, 6) is 0.360. The highest BCUT2D eigenvalue weighted by molar-refractivity contribution is 5.30. The molecule has 0 aliphatic rings. The van der Waals surface area contributed by atoms with Crippen LogP contribution in [-0.2, 0) is 0 Å². The van der Waals surface area contributed by atoms with Gasteiger partial charge in [0.05, 0.1) is 12.7 Å². The van der Waals surface area contributed by atoms with Crippen LogP contribution in [0.4, 0.5) is 4.39 Å². The Bertz CT molecular complexity index is 377. The lowest BCUT2D eigenvalue weighted by Crippen LogP contribution is -2.12. The van der Waals surface area contributed by atoms with Gasteiger partial charge in [-0.25, -0.2) is 4.39 Å². The predicted octanol–water partition coefficient (Wildman–Crippen LogP) is 4.47. The summed E-state index contributed by atoms with van der Waals surface area (Å²) >= 11 is 0.